The fourth-order valence-electron chi connectivity index (χ4n) is 4.73. The van der Waals surface area contributed by atoms with E-state index in [1.165, 1.54) is 22.3 Å². The summed E-state index contributed by atoms with van der Waals surface area (Å²) >= 11 is 0. The molecule has 2 rings (SSSR count). The third-order valence-corrected chi connectivity index (χ3v) is 6.93. The van der Waals surface area contributed by atoms with E-state index in [1.807, 2.05) is 6.92 Å². The van der Waals surface area contributed by atoms with E-state index in [0.717, 1.165) is 30.4 Å². The maximum absolute atomic E-state index is 14.9. The summed E-state index contributed by atoms with van der Waals surface area (Å²) in [4.78, 5) is 0. The number of rotatable bonds is 9. The molecule has 0 amide bonds. The summed E-state index contributed by atoms with van der Waals surface area (Å²) in [7, 11) is 0. The smallest absolute Gasteiger partial charge is 0.112 e. The SMILES string of the molecule is C#CCC(CC=CCC)C1=C(CF)C(C)(C)c2cccc(/C=C\C)c2/C1=C/C(C)(C)CC. The number of alkyl halides is 1. The van der Waals surface area contributed by atoms with Crippen molar-refractivity contribution in [3.8, 4) is 12.3 Å². The molecule has 1 aromatic rings. The van der Waals surface area contributed by atoms with E-state index in [0.29, 0.717) is 6.42 Å². The van der Waals surface area contributed by atoms with Crippen molar-refractivity contribution >= 4 is 11.6 Å². The van der Waals surface area contributed by atoms with Gasteiger partial charge in [0.05, 0.1) is 0 Å². The van der Waals surface area contributed by atoms with Crippen LogP contribution in [0.2, 0.25) is 0 Å². The second kappa shape index (κ2) is 11.0. The maximum atomic E-state index is 14.9. The standard InChI is InChI=1S/C31H41F/c1-9-13-14-18-23(16-10-2)29-25(21-30(5,6)12-4)28-24(17-11-3)19-15-20-26(28)31(7,8)27(29)22-32/h2,11,13-15,17,19-21,23H,9,12,16,18,22H2,1,3-8H3/b14-13?,17-11-,25-21-. The molecule has 32 heavy (non-hydrogen) atoms. The van der Waals surface area contributed by atoms with Gasteiger partial charge in [0.25, 0.3) is 0 Å². The summed E-state index contributed by atoms with van der Waals surface area (Å²) in [5.41, 5.74) is 6.41. The van der Waals surface area contributed by atoms with Crippen LogP contribution in [-0.2, 0) is 5.41 Å². The van der Waals surface area contributed by atoms with Crippen molar-refractivity contribution in [3.05, 3.63) is 70.3 Å². The Kier molecular flexibility index (Phi) is 8.91. The first kappa shape index (κ1) is 25.9. The topological polar surface area (TPSA) is 0 Å². The quantitative estimate of drug-likeness (QED) is 0.269. The van der Waals surface area contributed by atoms with E-state index in [4.69, 9.17) is 6.42 Å². The second-order valence-electron chi connectivity index (χ2n) is 10.0. The summed E-state index contributed by atoms with van der Waals surface area (Å²) in [6.45, 7) is 14.8. The Balaban J connectivity index is 2.98. The zero-order chi connectivity index (χ0) is 23.9. The van der Waals surface area contributed by atoms with Crippen LogP contribution in [0.4, 0.5) is 4.39 Å². The average Bonchev–Trinajstić information content (AvgIpc) is 2.75. The fraction of sp³-hybridized carbons (Fsp3) is 0.484. The van der Waals surface area contributed by atoms with Gasteiger partial charge in [-0.3, -0.25) is 0 Å². The number of halogens is 1. The molecule has 0 fully saturated rings. The molecule has 1 unspecified atom stereocenters. The van der Waals surface area contributed by atoms with Crippen LogP contribution in [0.25, 0.3) is 11.6 Å². The zero-order valence-corrected chi connectivity index (χ0v) is 21.2. The van der Waals surface area contributed by atoms with Gasteiger partial charge in [-0.05, 0) is 70.9 Å². The van der Waals surface area contributed by atoms with Crippen LogP contribution < -0.4 is 0 Å². The molecule has 0 aliphatic heterocycles. The third-order valence-electron chi connectivity index (χ3n) is 6.93. The molecular weight excluding hydrogens is 391 g/mol. The Bertz CT molecular complexity index is 957. The minimum Gasteiger partial charge on any atom is -0.246 e. The number of fused-ring (bicyclic) bond motifs is 1. The summed E-state index contributed by atoms with van der Waals surface area (Å²) in [6, 6.07) is 6.45. The van der Waals surface area contributed by atoms with Crippen molar-refractivity contribution in [1.29, 1.82) is 0 Å². The molecule has 0 spiro atoms. The van der Waals surface area contributed by atoms with Gasteiger partial charge in [0.2, 0.25) is 0 Å². The molecular formula is C31H41F. The minimum atomic E-state index is -0.460. The van der Waals surface area contributed by atoms with Gasteiger partial charge in [-0.1, -0.05) is 90.1 Å². The first-order chi connectivity index (χ1) is 15.2. The maximum Gasteiger partial charge on any atom is 0.112 e. The molecule has 0 nitrogen and oxygen atoms in total. The van der Waals surface area contributed by atoms with Crippen LogP contribution in [-0.4, -0.2) is 6.67 Å². The normalized spacial score (nSPS) is 18.4. The van der Waals surface area contributed by atoms with Crippen molar-refractivity contribution in [3.63, 3.8) is 0 Å². The van der Waals surface area contributed by atoms with Crippen molar-refractivity contribution < 1.29 is 4.39 Å². The largest absolute Gasteiger partial charge is 0.246 e. The second-order valence-corrected chi connectivity index (χ2v) is 10.0. The molecule has 0 N–H and O–H groups in total. The Morgan fingerprint density at radius 2 is 1.91 bits per heavy atom. The molecule has 0 aromatic heterocycles. The summed E-state index contributed by atoms with van der Waals surface area (Å²) in [6.07, 6.45) is 20.3. The van der Waals surface area contributed by atoms with Gasteiger partial charge < -0.3 is 0 Å². The van der Waals surface area contributed by atoms with E-state index in [-0.39, 0.29) is 11.3 Å². The highest BCUT2D eigenvalue weighted by molar-refractivity contribution is 5.90. The summed E-state index contributed by atoms with van der Waals surface area (Å²) in [5, 5.41) is 0. The Morgan fingerprint density at radius 1 is 1.19 bits per heavy atom. The lowest BCUT2D eigenvalue weighted by Crippen LogP contribution is -2.32. The van der Waals surface area contributed by atoms with Gasteiger partial charge in [0.15, 0.2) is 0 Å². The zero-order valence-electron chi connectivity index (χ0n) is 21.2. The lowest BCUT2D eigenvalue weighted by molar-refractivity contribution is 0.452. The van der Waals surface area contributed by atoms with Gasteiger partial charge in [0.1, 0.15) is 6.67 Å². The first-order valence-electron chi connectivity index (χ1n) is 12.1. The molecule has 0 saturated heterocycles. The highest BCUT2D eigenvalue weighted by Gasteiger charge is 2.40. The molecule has 1 heteroatoms. The fourth-order valence-corrected chi connectivity index (χ4v) is 4.73. The van der Waals surface area contributed by atoms with Crippen molar-refractivity contribution in [2.75, 3.05) is 6.67 Å². The van der Waals surface area contributed by atoms with E-state index in [1.54, 1.807) is 0 Å². The third kappa shape index (κ3) is 5.35. The van der Waals surface area contributed by atoms with Crippen LogP contribution in [0.1, 0.15) is 90.8 Å². The number of terminal acetylenes is 1. The Labute approximate surface area is 196 Å². The minimum absolute atomic E-state index is 0.0102. The Morgan fingerprint density at radius 3 is 2.47 bits per heavy atom. The molecule has 1 aromatic carbocycles. The Hall–Kier alpha value is -2.33. The molecule has 1 atom stereocenters. The van der Waals surface area contributed by atoms with Gasteiger partial charge in [-0.15, -0.1) is 12.3 Å². The molecule has 1 aliphatic carbocycles. The van der Waals surface area contributed by atoms with Crippen LogP contribution in [0, 0.1) is 23.7 Å². The molecule has 0 bridgehead atoms. The predicted molar refractivity (Wildman–Crippen MR) is 140 cm³/mol. The van der Waals surface area contributed by atoms with Crippen LogP contribution >= 0.6 is 0 Å². The highest BCUT2D eigenvalue weighted by Crippen LogP contribution is 2.52. The molecule has 1 aliphatic rings. The van der Waals surface area contributed by atoms with E-state index >= 15 is 0 Å². The monoisotopic (exact) mass is 432 g/mol. The summed E-state index contributed by atoms with van der Waals surface area (Å²) in [5.74, 6) is 2.99. The van der Waals surface area contributed by atoms with Gasteiger partial charge >= 0.3 is 0 Å². The van der Waals surface area contributed by atoms with Crippen molar-refractivity contribution in [1.82, 2.24) is 0 Å². The van der Waals surface area contributed by atoms with Crippen molar-refractivity contribution in [2.24, 2.45) is 11.3 Å². The molecule has 0 heterocycles. The summed E-state index contributed by atoms with van der Waals surface area (Å²) < 4.78 is 14.9. The predicted octanol–water partition coefficient (Wildman–Crippen LogP) is 9.09. The average molecular weight is 433 g/mol. The van der Waals surface area contributed by atoms with Crippen LogP contribution in [0.3, 0.4) is 0 Å². The highest BCUT2D eigenvalue weighted by atomic mass is 19.1. The van der Waals surface area contributed by atoms with E-state index < -0.39 is 12.1 Å². The first-order valence-corrected chi connectivity index (χ1v) is 12.1. The molecule has 172 valence electrons. The van der Waals surface area contributed by atoms with Crippen LogP contribution in [0.5, 0.6) is 0 Å². The lowest BCUT2D eigenvalue weighted by Gasteiger charge is -2.41. The number of hydrogen-bond acceptors (Lipinski definition) is 0. The van der Waals surface area contributed by atoms with E-state index in [9.17, 15) is 4.39 Å². The van der Waals surface area contributed by atoms with Gasteiger partial charge in [-0.25, -0.2) is 4.39 Å². The van der Waals surface area contributed by atoms with Gasteiger partial charge in [-0.2, -0.15) is 0 Å². The van der Waals surface area contributed by atoms with Crippen LogP contribution in [0.15, 0.2) is 53.6 Å². The number of allylic oxidation sites excluding steroid dienone is 7. The molecule has 0 saturated carbocycles. The van der Waals surface area contributed by atoms with Gasteiger partial charge in [0, 0.05) is 11.8 Å². The van der Waals surface area contributed by atoms with E-state index in [2.05, 4.69) is 96.0 Å². The van der Waals surface area contributed by atoms with Crippen molar-refractivity contribution in [2.45, 2.75) is 79.6 Å². The number of benzene rings is 1. The number of hydrogen-bond donors (Lipinski definition) is 0. The molecule has 0 radical (unpaired) electrons. The lowest BCUT2D eigenvalue weighted by atomic mass is 9.62.